The Kier molecular flexibility index (Phi) is 4.97. The number of aromatic nitrogens is 3. The lowest BCUT2D eigenvalue weighted by atomic mass is 9.87. The van der Waals surface area contributed by atoms with Gasteiger partial charge < -0.3 is 15.0 Å². The number of hydrogen-bond acceptors (Lipinski definition) is 4. The highest BCUT2D eigenvalue weighted by Gasteiger charge is 2.15. The predicted molar refractivity (Wildman–Crippen MR) is 118 cm³/mol. The van der Waals surface area contributed by atoms with Crippen LogP contribution in [-0.4, -0.2) is 15.0 Å². The number of fused-ring (bicyclic) bond motifs is 1. The normalized spacial score (nSPS) is 11.6. The fourth-order valence-electron chi connectivity index (χ4n) is 3.17. The highest BCUT2D eigenvalue weighted by molar-refractivity contribution is 5.79. The van der Waals surface area contributed by atoms with Crippen LogP contribution in [0.1, 0.15) is 38.8 Å². The lowest BCUT2D eigenvalue weighted by Crippen LogP contribution is -2.10. The van der Waals surface area contributed by atoms with E-state index in [1.807, 2.05) is 30.3 Å². The number of nitrogens with zero attached hydrogens (tertiary/aromatic N) is 2. The summed E-state index contributed by atoms with van der Waals surface area (Å²) >= 11 is 0. The van der Waals surface area contributed by atoms with E-state index < -0.39 is 0 Å². The minimum absolute atomic E-state index is 0.0876. The molecule has 29 heavy (non-hydrogen) atoms. The molecule has 0 spiro atoms. The lowest BCUT2D eigenvalue weighted by Gasteiger charge is -2.18. The van der Waals surface area contributed by atoms with Gasteiger partial charge in [0.15, 0.2) is 0 Å². The van der Waals surface area contributed by atoms with E-state index >= 15 is 0 Å². The first-order chi connectivity index (χ1) is 13.9. The molecule has 0 radical (unpaired) electrons. The maximum Gasteiger partial charge on any atom is 0.243 e. The maximum atomic E-state index is 6.05. The number of nitrogens with one attached hydrogen (secondary N) is 2. The average molecular weight is 386 g/mol. The smallest absolute Gasteiger partial charge is 0.243 e. The summed E-state index contributed by atoms with van der Waals surface area (Å²) in [7, 11) is 0. The molecule has 148 valence electrons. The summed E-state index contributed by atoms with van der Waals surface area (Å²) in [6.07, 6.45) is 2.68. The number of benzene rings is 2. The van der Waals surface area contributed by atoms with Crippen molar-refractivity contribution in [3.05, 3.63) is 71.9 Å². The van der Waals surface area contributed by atoms with Crippen molar-refractivity contribution in [1.29, 1.82) is 0 Å². The van der Waals surface area contributed by atoms with Gasteiger partial charge in [-0.25, -0.2) is 9.97 Å². The van der Waals surface area contributed by atoms with Crippen molar-refractivity contribution in [2.24, 2.45) is 0 Å². The van der Waals surface area contributed by atoms with Gasteiger partial charge >= 0.3 is 0 Å². The molecule has 0 saturated carbocycles. The Labute approximate surface area is 171 Å². The minimum atomic E-state index is 0.0876. The van der Waals surface area contributed by atoms with Crippen molar-refractivity contribution in [3.8, 4) is 11.6 Å². The Balaban J connectivity index is 1.61. The molecular formula is C24H26N4O. The molecule has 5 nitrogen and oxygen atoms in total. The zero-order valence-electron chi connectivity index (χ0n) is 17.3. The van der Waals surface area contributed by atoms with E-state index in [1.165, 1.54) is 11.1 Å². The largest absolute Gasteiger partial charge is 0.437 e. The van der Waals surface area contributed by atoms with E-state index in [0.717, 1.165) is 28.9 Å². The topological polar surface area (TPSA) is 62.8 Å². The van der Waals surface area contributed by atoms with Crippen molar-refractivity contribution < 1.29 is 4.74 Å². The number of anilines is 2. The summed E-state index contributed by atoms with van der Waals surface area (Å²) in [6, 6.07) is 18.2. The average Bonchev–Trinajstić information content (AvgIpc) is 3.10. The molecular weight excluding hydrogens is 360 g/mol. The maximum absolute atomic E-state index is 6.05. The number of rotatable bonds is 5. The van der Waals surface area contributed by atoms with Crippen LogP contribution in [0, 0.1) is 0 Å². The standard InChI is InChI=1S/C24H26N4O/c1-5-16-8-6-9-18(14-16)29-22-20(10-7-13-25-22)27-23-26-19-12-11-17(24(2,3)4)15-21(19)28-23/h6-15H,5H2,1-4H3,(H2,26,27,28). The Bertz CT molecular complexity index is 1140. The number of ether oxygens (including phenoxy) is 1. The number of aryl methyl sites for hydroxylation is 1. The van der Waals surface area contributed by atoms with Crippen LogP contribution in [0.2, 0.25) is 0 Å². The second kappa shape index (κ2) is 7.59. The zero-order chi connectivity index (χ0) is 20.4. The number of H-pyrrole nitrogens is 1. The third kappa shape index (κ3) is 4.24. The SMILES string of the molecule is CCc1cccc(Oc2ncccc2Nc2nc3ccc(C(C)(C)C)cc3[nH]2)c1. The lowest BCUT2D eigenvalue weighted by molar-refractivity contribution is 0.465. The Hall–Kier alpha value is -3.34. The molecule has 0 fully saturated rings. The molecule has 0 bridgehead atoms. The molecule has 2 heterocycles. The number of aromatic amines is 1. The third-order valence-electron chi connectivity index (χ3n) is 4.89. The molecule has 2 aromatic heterocycles. The molecule has 0 aliphatic carbocycles. The van der Waals surface area contributed by atoms with E-state index in [2.05, 4.69) is 72.2 Å². The molecule has 4 aromatic rings. The van der Waals surface area contributed by atoms with Crippen LogP contribution in [0.3, 0.4) is 0 Å². The van der Waals surface area contributed by atoms with Crippen LogP contribution < -0.4 is 10.1 Å². The van der Waals surface area contributed by atoms with Crippen molar-refractivity contribution in [2.45, 2.75) is 39.5 Å². The van der Waals surface area contributed by atoms with Gasteiger partial charge in [0.25, 0.3) is 0 Å². The monoisotopic (exact) mass is 386 g/mol. The molecule has 0 aliphatic heterocycles. The fourth-order valence-corrected chi connectivity index (χ4v) is 3.17. The third-order valence-corrected chi connectivity index (χ3v) is 4.89. The molecule has 2 aromatic carbocycles. The number of hydrogen-bond donors (Lipinski definition) is 2. The van der Waals surface area contributed by atoms with Gasteiger partial charge in [-0.05, 0) is 59.4 Å². The summed E-state index contributed by atoms with van der Waals surface area (Å²) in [4.78, 5) is 12.4. The Morgan fingerprint density at radius 1 is 1.03 bits per heavy atom. The van der Waals surface area contributed by atoms with Gasteiger partial charge in [0.2, 0.25) is 11.8 Å². The molecule has 2 N–H and O–H groups in total. The first-order valence-corrected chi connectivity index (χ1v) is 9.91. The van der Waals surface area contributed by atoms with Gasteiger partial charge in [0.1, 0.15) is 11.4 Å². The quantitative estimate of drug-likeness (QED) is 0.419. The van der Waals surface area contributed by atoms with E-state index in [4.69, 9.17) is 4.74 Å². The van der Waals surface area contributed by atoms with E-state index in [-0.39, 0.29) is 5.41 Å². The van der Waals surface area contributed by atoms with Crippen molar-refractivity contribution in [2.75, 3.05) is 5.32 Å². The molecule has 4 rings (SSSR count). The zero-order valence-corrected chi connectivity index (χ0v) is 17.3. The van der Waals surface area contributed by atoms with Gasteiger partial charge in [-0.2, -0.15) is 0 Å². The summed E-state index contributed by atoms with van der Waals surface area (Å²) in [5.41, 5.74) is 5.25. The molecule has 0 aliphatic rings. The first kappa shape index (κ1) is 19.0. The summed E-state index contributed by atoms with van der Waals surface area (Å²) < 4.78 is 6.05. The van der Waals surface area contributed by atoms with Crippen LogP contribution in [0.15, 0.2) is 60.8 Å². The molecule has 0 amide bonds. The van der Waals surface area contributed by atoms with Crippen LogP contribution >= 0.6 is 0 Å². The van der Waals surface area contributed by atoms with Gasteiger partial charge in [-0.3, -0.25) is 0 Å². The predicted octanol–water partition coefficient (Wildman–Crippen LogP) is 6.35. The second-order valence-corrected chi connectivity index (χ2v) is 8.15. The molecule has 5 heteroatoms. The van der Waals surface area contributed by atoms with Gasteiger partial charge in [0, 0.05) is 6.20 Å². The number of imidazole rings is 1. The molecule has 0 atom stereocenters. The molecule has 0 saturated heterocycles. The number of pyridine rings is 1. The highest BCUT2D eigenvalue weighted by atomic mass is 16.5. The molecule has 0 unspecified atom stereocenters. The Morgan fingerprint density at radius 3 is 2.69 bits per heavy atom. The van der Waals surface area contributed by atoms with E-state index in [1.54, 1.807) is 6.20 Å². The first-order valence-electron chi connectivity index (χ1n) is 9.91. The van der Waals surface area contributed by atoms with E-state index in [9.17, 15) is 0 Å². The fraction of sp³-hybridized carbons (Fsp3) is 0.250. The van der Waals surface area contributed by atoms with Crippen molar-refractivity contribution in [1.82, 2.24) is 15.0 Å². The van der Waals surface area contributed by atoms with Crippen molar-refractivity contribution >= 4 is 22.7 Å². The summed E-state index contributed by atoms with van der Waals surface area (Å²) in [5.74, 6) is 1.94. The van der Waals surface area contributed by atoms with E-state index in [0.29, 0.717) is 11.8 Å². The highest BCUT2D eigenvalue weighted by Crippen LogP contribution is 2.31. The Morgan fingerprint density at radius 2 is 1.90 bits per heavy atom. The second-order valence-electron chi connectivity index (χ2n) is 8.15. The summed E-state index contributed by atoms with van der Waals surface area (Å²) in [5, 5.41) is 3.31. The van der Waals surface area contributed by atoms with Crippen LogP contribution in [0.4, 0.5) is 11.6 Å². The van der Waals surface area contributed by atoms with Crippen LogP contribution in [-0.2, 0) is 11.8 Å². The van der Waals surface area contributed by atoms with Crippen LogP contribution in [0.25, 0.3) is 11.0 Å². The summed E-state index contributed by atoms with van der Waals surface area (Å²) in [6.45, 7) is 8.74. The van der Waals surface area contributed by atoms with Crippen LogP contribution in [0.5, 0.6) is 11.6 Å². The van der Waals surface area contributed by atoms with Gasteiger partial charge in [-0.15, -0.1) is 0 Å². The minimum Gasteiger partial charge on any atom is -0.437 e. The van der Waals surface area contributed by atoms with Gasteiger partial charge in [0.05, 0.1) is 11.0 Å². The van der Waals surface area contributed by atoms with Crippen molar-refractivity contribution in [3.63, 3.8) is 0 Å². The van der Waals surface area contributed by atoms with Gasteiger partial charge in [-0.1, -0.05) is 45.9 Å².